The van der Waals surface area contributed by atoms with Gasteiger partial charge in [-0.1, -0.05) is 13.8 Å². The van der Waals surface area contributed by atoms with Gasteiger partial charge in [0.1, 0.15) is 5.75 Å². The van der Waals surface area contributed by atoms with Crippen LogP contribution in [-0.4, -0.2) is 42.4 Å². The number of piperidine rings is 1. The van der Waals surface area contributed by atoms with E-state index in [2.05, 4.69) is 23.7 Å². The molecule has 3 rings (SSSR count). The van der Waals surface area contributed by atoms with E-state index in [-0.39, 0.29) is 5.78 Å². The Kier molecular flexibility index (Phi) is 4.21. The highest BCUT2D eigenvalue weighted by Gasteiger charge is 2.24. The topological polar surface area (TPSA) is 45.3 Å². The number of rotatable bonds is 4. The molecular formula is C18H24N2O2. The van der Waals surface area contributed by atoms with Gasteiger partial charge < -0.3 is 9.72 Å². The Morgan fingerprint density at radius 2 is 2.05 bits per heavy atom. The van der Waals surface area contributed by atoms with Gasteiger partial charge in [0.15, 0.2) is 5.78 Å². The van der Waals surface area contributed by atoms with Gasteiger partial charge in [0, 0.05) is 35.8 Å². The van der Waals surface area contributed by atoms with Crippen molar-refractivity contribution in [1.82, 2.24) is 9.88 Å². The highest BCUT2D eigenvalue weighted by Crippen LogP contribution is 2.25. The van der Waals surface area contributed by atoms with Crippen molar-refractivity contribution >= 4 is 16.7 Å². The van der Waals surface area contributed by atoms with Crippen LogP contribution < -0.4 is 4.74 Å². The molecule has 1 aromatic carbocycles. The minimum absolute atomic E-state index is 0.181. The molecule has 4 heteroatoms. The maximum Gasteiger partial charge on any atom is 0.178 e. The van der Waals surface area contributed by atoms with E-state index in [9.17, 15) is 4.79 Å². The molecule has 0 amide bonds. The number of hydrogen-bond acceptors (Lipinski definition) is 3. The number of carbonyl (C=O) groups excluding carboxylic acids is 1. The van der Waals surface area contributed by atoms with E-state index in [4.69, 9.17) is 4.74 Å². The Hall–Kier alpha value is -1.81. The third-order valence-corrected chi connectivity index (χ3v) is 4.50. The van der Waals surface area contributed by atoms with E-state index in [1.807, 2.05) is 24.4 Å². The van der Waals surface area contributed by atoms with Crippen LogP contribution in [0, 0.1) is 11.8 Å². The summed E-state index contributed by atoms with van der Waals surface area (Å²) in [4.78, 5) is 18.2. The number of ether oxygens (including phenoxy) is 1. The number of fused-ring (bicyclic) bond motifs is 1. The first-order valence-corrected chi connectivity index (χ1v) is 7.97. The summed E-state index contributed by atoms with van der Waals surface area (Å²) in [5.74, 6) is 2.29. The summed E-state index contributed by atoms with van der Waals surface area (Å²) in [5, 5.41) is 0.947. The van der Waals surface area contributed by atoms with E-state index in [0.29, 0.717) is 18.4 Å². The lowest BCUT2D eigenvalue weighted by atomic mass is 9.91. The van der Waals surface area contributed by atoms with Gasteiger partial charge in [-0.2, -0.15) is 0 Å². The molecule has 2 aromatic rings. The molecule has 1 aromatic heterocycles. The molecular weight excluding hydrogens is 276 g/mol. The zero-order chi connectivity index (χ0) is 15.7. The fourth-order valence-electron chi connectivity index (χ4n) is 3.67. The normalized spacial score (nSPS) is 22.9. The van der Waals surface area contributed by atoms with Crippen molar-refractivity contribution in [3.63, 3.8) is 0 Å². The van der Waals surface area contributed by atoms with Gasteiger partial charge in [-0.05, 0) is 36.5 Å². The largest absolute Gasteiger partial charge is 0.497 e. The first kappa shape index (κ1) is 15.1. The standard InChI is InChI=1S/C18H24N2O2/c1-12-6-13(2)10-20(9-12)11-18(21)16-8-19-17-5-4-14(22-3)7-15(16)17/h4-5,7-8,12-13,19H,6,9-11H2,1-3H3/t12-,13-/m1/s1. The molecule has 1 aliphatic heterocycles. The zero-order valence-electron chi connectivity index (χ0n) is 13.6. The second kappa shape index (κ2) is 6.13. The monoisotopic (exact) mass is 300 g/mol. The number of ketones is 1. The van der Waals surface area contributed by atoms with Crippen LogP contribution in [0.15, 0.2) is 24.4 Å². The minimum Gasteiger partial charge on any atom is -0.497 e. The summed E-state index contributed by atoms with van der Waals surface area (Å²) in [5.41, 5.74) is 1.74. The van der Waals surface area contributed by atoms with Crippen LogP contribution in [-0.2, 0) is 0 Å². The van der Waals surface area contributed by atoms with Crippen molar-refractivity contribution in [3.05, 3.63) is 30.0 Å². The van der Waals surface area contributed by atoms with Gasteiger partial charge in [-0.25, -0.2) is 0 Å². The minimum atomic E-state index is 0.181. The molecule has 22 heavy (non-hydrogen) atoms. The molecule has 0 bridgehead atoms. The Morgan fingerprint density at radius 1 is 1.32 bits per heavy atom. The van der Waals surface area contributed by atoms with Crippen LogP contribution in [0.5, 0.6) is 5.75 Å². The van der Waals surface area contributed by atoms with E-state index in [1.165, 1.54) is 6.42 Å². The molecule has 2 atom stereocenters. The summed E-state index contributed by atoms with van der Waals surface area (Å²) in [7, 11) is 1.64. The number of benzene rings is 1. The number of nitrogens with zero attached hydrogens (tertiary/aromatic N) is 1. The molecule has 1 saturated heterocycles. The fraction of sp³-hybridized carbons (Fsp3) is 0.500. The highest BCUT2D eigenvalue weighted by molar-refractivity contribution is 6.09. The maximum absolute atomic E-state index is 12.7. The van der Waals surface area contributed by atoms with Crippen LogP contribution in [0.25, 0.3) is 10.9 Å². The summed E-state index contributed by atoms with van der Waals surface area (Å²) in [6.07, 6.45) is 3.08. The maximum atomic E-state index is 12.7. The average Bonchev–Trinajstić information content (AvgIpc) is 2.88. The fourth-order valence-corrected chi connectivity index (χ4v) is 3.67. The number of aromatic nitrogens is 1. The highest BCUT2D eigenvalue weighted by atomic mass is 16.5. The summed E-state index contributed by atoms with van der Waals surface area (Å²) < 4.78 is 5.27. The van der Waals surface area contributed by atoms with Crippen molar-refractivity contribution in [2.75, 3.05) is 26.7 Å². The molecule has 0 radical (unpaired) electrons. The van der Waals surface area contributed by atoms with Crippen LogP contribution in [0.2, 0.25) is 0 Å². The lowest BCUT2D eigenvalue weighted by Crippen LogP contribution is -2.41. The van der Waals surface area contributed by atoms with Crippen LogP contribution in [0.3, 0.4) is 0 Å². The van der Waals surface area contributed by atoms with Crippen molar-refractivity contribution in [1.29, 1.82) is 0 Å². The third kappa shape index (κ3) is 3.02. The molecule has 0 unspecified atom stereocenters. The first-order chi connectivity index (χ1) is 10.6. The lowest BCUT2D eigenvalue weighted by Gasteiger charge is -2.34. The molecule has 0 aliphatic carbocycles. The number of nitrogens with one attached hydrogen (secondary N) is 1. The van der Waals surface area contributed by atoms with E-state index in [0.717, 1.165) is 35.3 Å². The second-order valence-corrected chi connectivity index (χ2v) is 6.68. The SMILES string of the molecule is COc1ccc2[nH]cc(C(=O)CN3C[C@H](C)C[C@@H](C)C3)c2c1. The Balaban J connectivity index is 1.80. The Labute approximate surface area is 131 Å². The zero-order valence-corrected chi connectivity index (χ0v) is 13.6. The molecule has 0 saturated carbocycles. The van der Waals surface area contributed by atoms with Gasteiger partial charge in [-0.15, -0.1) is 0 Å². The lowest BCUT2D eigenvalue weighted by molar-refractivity contribution is 0.0851. The van der Waals surface area contributed by atoms with Crippen LogP contribution >= 0.6 is 0 Å². The number of Topliss-reactive ketones (excluding diaryl/α,β-unsaturated/α-hetero) is 1. The predicted octanol–water partition coefficient (Wildman–Crippen LogP) is 3.34. The molecule has 118 valence electrons. The van der Waals surface area contributed by atoms with Crippen LogP contribution in [0.4, 0.5) is 0 Å². The molecule has 4 nitrogen and oxygen atoms in total. The second-order valence-electron chi connectivity index (χ2n) is 6.68. The number of carbonyl (C=O) groups is 1. The van der Waals surface area contributed by atoms with Gasteiger partial charge in [0.05, 0.1) is 13.7 Å². The van der Waals surface area contributed by atoms with Gasteiger partial charge in [-0.3, -0.25) is 9.69 Å². The molecule has 1 aliphatic rings. The number of hydrogen-bond donors (Lipinski definition) is 1. The van der Waals surface area contributed by atoms with E-state index >= 15 is 0 Å². The predicted molar refractivity (Wildman–Crippen MR) is 88.6 cm³/mol. The first-order valence-electron chi connectivity index (χ1n) is 7.97. The summed E-state index contributed by atoms with van der Waals surface area (Å²) in [6, 6.07) is 5.79. The van der Waals surface area contributed by atoms with Crippen molar-refractivity contribution < 1.29 is 9.53 Å². The van der Waals surface area contributed by atoms with Gasteiger partial charge >= 0.3 is 0 Å². The number of likely N-dealkylation sites (tertiary alicyclic amines) is 1. The van der Waals surface area contributed by atoms with E-state index in [1.54, 1.807) is 7.11 Å². The number of aromatic amines is 1. The molecule has 1 N–H and O–H groups in total. The summed E-state index contributed by atoms with van der Waals surface area (Å²) >= 11 is 0. The third-order valence-electron chi connectivity index (χ3n) is 4.50. The number of methoxy groups -OCH3 is 1. The number of H-pyrrole nitrogens is 1. The van der Waals surface area contributed by atoms with Crippen molar-refractivity contribution in [2.45, 2.75) is 20.3 Å². The molecule has 0 spiro atoms. The quantitative estimate of drug-likeness (QED) is 0.881. The van der Waals surface area contributed by atoms with Crippen molar-refractivity contribution in [3.8, 4) is 5.75 Å². The average molecular weight is 300 g/mol. The molecule has 2 heterocycles. The Morgan fingerprint density at radius 3 is 2.73 bits per heavy atom. The van der Waals surface area contributed by atoms with Crippen LogP contribution in [0.1, 0.15) is 30.6 Å². The van der Waals surface area contributed by atoms with Crippen molar-refractivity contribution in [2.24, 2.45) is 11.8 Å². The molecule has 1 fully saturated rings. The van der Waals surface area contributed by atoms with Gasteiger partial charge in [0.2, 0.25) is 0 Å². The summed E-state index contributed by atoms with van der Waals surface area (Å²) in [6.45, 7) is 7.07. The van der Waals surface area contributed by atoms with Gasteiger partial charge in [0.25, 0.3) is 0 Å². The smallest absolute Gasteiger partial charge is 0.178 e. The van der Waals surface area contributed by atoms with E-state index < -0.39 is 0 Å². The Bertz CT molecular complexity index is 667.